The van der Waals surface area contributed by atoms with Gasteiger partial charge in [0, 0.05) is 0 Å². The third kappa shape index (κ3) is 69.9. The summed E-state index contributed by atoms with van der Waals surface area (Å²) < 4.78 is 68.3. The van der Waals surface area contributed by atoms with Crippen LogP contribution in [0.15, 0.2) is 58.3 Å². The molecule has 2 aromatic rings. The molecule has 9 heteroatoms. The minimum atomic E-state index is -4.37. The van der Waals surface area contributed by atoms with Gasteiger partial charge in [-0.1, -0.05) is 500 Å². The predicted molar refractivity (Wildman–Crippen MR) is 426 cm³/mol. The number of benzene rings is 2. The van der Waals surface area contributed by atoms with Gasteiger partial charge < -0.3 is 9.11 Å². The van der Waals surface area contributed by atoms with Crippen LogP contribution >= 0.6 is 0 Å². The topological polar surface area (TPSA) is 114 Å². The fourth-order valence-corrected chi connectivity index (χ4v) is 16.2. The molecule has 0 radical (unpaired) electrons. The Hall–Kier alpha value is -0.169. The van der Waals surface area contributed by atoms with E-state index in [1.807, 2.05) is 12.1 Å². The fraction of sp³-hybridized carbons (Fsp3) is 0.864. The SMILES string of the molecule is CCCCCCCCCCCCCCCCCCCCCCCCCCCCCCCCCCCCCCc1ccccc1S(=O)(=O)[O-].CCCCCCCCCCCCCCCCCCCCCCCCCCCCCCCCCCCCCCc1ccccc1S(=O)(=O)[O-].[Ba+2]. The Labute approximate surface area is 647 Å². The van der Waals surface area contributed by atoms with E-state index in [4.69, 9.17) is 0 Å². The summed E-state index contributed by atoms with van der Waals surface area (Å²) in [5.74, 6) is 0. The zero-order chi connectivity index (χ0) is 69.3. The molecule has 6 nitrogen and oxygen atoms in total. The molecule has 2 aromatic carbocycles. The molecule has 2 rings (SSSR count). The molecule has 0 N–H and O–H groups in total. The minimum Gasteiger partial charge on any atom is -0.744 e. The van der Waals surface area contributed by atoms with Crippen molar-refractivity contribution in [2.45, 2.75) is 499 Å². The molecular formula is C88H162BaO6S2. The van der Waals surface area contributed by atoms with Gasteiger partial charge in [0.1, 0.15) is 20.2 Å². The number of aryl methyl sites for hydroxylation is 2. The quantitative estimate of drug-likeness (QED) is 0.0370. The summed E-state index contributed by atoms with van der Waals surface area (Å²) in [7, 11) is -8.74. The maximum absolute atomic E-state index is 11.4. The van der Waals surface area contributed by atoms with Gasteiger partial charge in [0.25, 0.3) is 0 Å². The van der Waals surface area contributed by atoms with Crippen molar-refractivity contribution in [3.8, 4) is 0 Å². The summed E-state index contributed by atoms with van der Waals surface area (Å²) >= 11 is 0. The third-order valence-corrected chi connectivity index (χ3v) is 23.0. The maximum atomic E-state index is 11.4. The first-order valence-corrected chi connectivity index (χ1v) is 46.0. The van der Waals surface area contributed by atoms with Gasteiger partial charge in [-0.25, -0.2) is 16.8 Å². The Bertz CT molecular complexity index is 1950. The zero-order valence-electron chi connectivity index (χ0n) is 64.9. The zero-order valence-corrected chi connectivity index (χ0v) is 71.0. The van der Waals surface area contributed by atoms with Crippen molar-refractivity contribution < 1.29 is 25.9 Å². The molecule has 97 heavy (non-hydrogen) atoms. The first-order chi connectivity index (χ1) is 47.1. The number of unbranched alkanes of at least 4 members (excludes halogenated alkanes) is 70. The van der Waals surface area contributed by atoms with Gasteiger partial charge in [-0.05, 0) is 48.9 Å². The van der Waals surface area contributed by atoms with Crippen molar-refractivity contribution in [1.29, 1.82) is 0 Å². The molecule has 0 aliphatic carbocycles. The Kier molecular flexibility index (Phi) is 76.8. The van der Waals surface area contributed by atoms with Crippen LogP contribution in [0.3, 0.4) is 0 Å². The van der Waals surface area contributed by atoms with Crippen molar-refractivity contribution in [3.63, 3.8) is 0 Å². The van der Waals surface area contributed by atoms with Gasteiger partial charge in [0.05, 0.1) is 9.79 Å². The number of rotatable bonds is 76. The number of hydrogen-bond donors (Lipinski definition) is 0. The summed E-state index contributed by atoms with van der Waals surface area (Å²) in [5.41, 5.74) is 1.35. The summed E-state index contributed by atoms with van der Waals surface area (Å²) in [6.07, 6.45) is 103. The molecule has 0 bridgehead atoms. The Balaban J connectivity index is 0.00000188. The molecule has 0 atom stereocenters. The van der Waals surface area contributed by atoms with E-state index >= 15 is 0 Å². The molecule has 0 fully saturated rings. The summed E-state index contributed by atoms with van der Waals surface area (Å²) in [6.45, 7) is 4.60. The fourth-order valence-electron chi connectivity index (χ4n) is 14.7. The summed E-state index contributed by atoms with van der Waals surface area (Å²) in [5, 5.41) is 0. The normalized spacial score (nSPS) is 11.8. The van der Waals surface area contributed by atoms with Crippen molar-refractivity contribution in [2.75, 3.05) is 0 Å². The Morgan fingerprint density at radius 1 is 0.196 bits per heavy atom. The van der Waals surface area contributed by atoms with Crippen molar-refractivity contribution in [3.05, 3.63) is 59.7 Å². The minimum absolute atomic E-state index is 0. The van der Waals surface area contributed by atoms with E-state index < -0.39 is 20.2 Å². The van der Waals surface area contributed by atoms with E-state index in [0.717, 1.165) is 25.7 Å². The average molecular weight is 1520 g/mol. The molecule has 0 saturated heterocycles. The summed E-state index contributed by atoms with van der Waals surface area (Å²) in [4.78, 5) is -0.0809. The monoisotopic (exact) mass is 1520 g/mol. The predicted octanol–water partition coefficient (Wildman–Crippen LogP) is 30.0. The van der Waals surface area contributed by atoms with Crippen LogP contribution in [0.5, 0.6) is 0 Å². The largest absolute Gasteiger partial charge is 2.00 e. The molecule has 0 unspecified atom stereocenters. The Morgan fingerprint density at radius 2 is 0.309 bits per heavy atom. The average Bonchev–Trinajstić information content (AvgIpc) is 1.56. The van der Waals surface area contributed by atoms with Gasteiger partial charge in [-0.2, -0.15) is 0 Å². The van der Waals surface area contributed by atoms with Gasteiger partial charge in [0.2, 0.25) is 0 Å². The third-order valence-electron chi connectivity index (χ3n) is 21.1. The molecule has 0 heterocycles. The van der Waals surface area contributed by atoms with Gasteiger partial charge in [0.15, 0.2) is 0 Å². The molecular weight excluding hydrogens is 1350 g/mol. The second kappa shape index (κ2) is 76.9. The van der Waals surface area contributed by atoms with Crippen molar-refractivity contribution >= 4 is 69.1 Å². The maximum Gasteiger partial charge on any atom is 2.00 e. The first kappa shape index (κ1) is 96.8. The second-order valence-electron chi connectivity index (χ2n) is 30.4. The van der Waals surface area contributed by atoms with E-state index in [2.05, 4.69) is 13.8 Å². The standard InChI is InChI=1S/2C44H82O3S.Ba/c2*1-2-3-4-5-6-7-8-9-10-11-12-13-14-15-16-17-18-19-20-21-22-23-24-25-26-27-28-29-30-31-32-33-34-35-36-37-40-43-41-38-39-42-44(43)48(45,46)47;/h2*38-39,41-42H,2-37,40H2,1H3,(H,45,46,47);/q;;+2/p-2. The first-order valence-electron chi connectivity index (χ1n) is 43.2. The van der Waals surface area contributed by atoms with E-state index in [0.29, 0.717) is 24.0 Å². The van der Waals surface area contributed by atoms with Crippen LogP contribution in [-0.4, -0.2) is 74.8 Å². The smallest absolute Gasteiger partial charge is 0.744 e. The van der Waals surface area contributed by atoms with E-state index in [-0.39, 0.29) is 58.7 Å². The van der Waals surface area contributed by atoms with Crippen molar-refractivity contribution in [1.82, 2.24) is 0 Å². The molecule has 0 spiro atoms. The van der Waals surface area contributed by atoms with Crippen LogP contribution in [0.1, 0.15) is 487 Å². The molecule has 0 amide bonds. The van der Waals surface area contributed by atoms with Crippen LogP contribution in [-0.2, 0) is 33.1 Å². The van der Waals surface area contributed by atoms with Gasteiger partial charge in [-0.15, -0.1) is 0 Å². The molecule has 0 aromatic heterocycles. The van der Waals surface area contributed by atoms with Crippen LogP contribution < -0.4 is 0 Å². The molecule has 564 valence electrons. The van der Waals surface area contributed by atoms with Crippen molar-refractivity contribution in [2.24, 2.45) is 0 Å². The Morgan fingerprint density at radius 3 is 0.433 bits per heavy atom. The van der Waals surface area contributed by atoms with Crippen LogP contribution in [0.4, 0.5) is 0 Å². The molecule has 0 aliphatic rings. The van der Waals surface area contributed by atoms with Crippen LogP contribution in [0.2, 0.25) is 0 Å². The second-order valence-corrected chi connectivity index (χ2v) is 33.1. The van der Waals surface area contributed by atoms with Gasteiger partial charge in [-0.3, -0.25) is 0 Å². The van der Waals surface area contributed by atoms with E-state index in [9.17, 15) is 25.9 Å². The van der Waals surface area contributed by atoms with Crippen LogP contribution in [0, 0.1) is 0 Å². The van der Waals surface area contributed by atoms with E-state index in [1.165, 1.54) is 449 Å². The summed E-state index contributed by atoms with van der Waals surface area (Å²) in [6, 6.07) is 13.3. The van der Waals surface area contributed by atoms with E-state index in [1.54, 1.807) is 24.3 Å². The van der Waals surface area contributed by atoms with Crippen LogP contribution in [0.25, 0.3) is 0 Å². The number of hydrogen-bond acceptors (Lipinski definition) is 6. The molecule has 0 aliphatic heterocycles. The molecule has 0 saturated carbocycles. The van der Waals surface area contributed by atoms with Gasteiger partial charge >= 0.3 is 48.9 Å².